The Balaban J connectivity index is 2.14. The van der Waals surface area contributed by atoms with Gasteiger partial charge in [0.05, 0.1) is 25.4 Å². The van der Waals surface area contributed by atoms with E-state index < -0.39 is 25.6 Å². The summed E-state index contributed by atoms with van der Waals surface area (Å²) in [5, 5.41) is 11.7. The Morgan fingerprint density at radius 1 is 1.23 bits per heavy atom. The minimum atomic E-state index is -3.23. The fourth-order valence-electron chi connectivity index (χ4n) is 3.76. The van der Waals surface area contributed by atoms with E-state index >= 15 is 0 Å². The Hall–Kier alpha value is -1.73. The summed E-state index contributed by atoms with van der Waals surface area (Å²) in [6.45, 7) is 6.55. The van der Waals surface area contributed by atoms with Crippen molar-refractivity contribution in [3.05, 3.63) is 35.9 Å². The van der Waals surface area contributed by atoms with Gasteiger partial charge in [-0.25, -0.2) is 0 Å². The van der Waals surface area contributed by atoms with Gasteiger partial charge in [0.15, 0.2) is 0 Å². The molecule has 1 amide bonds. The van der Waals surface area contributed by atoms with Crippen molar-refractivity contribution in [2.24, 2.45) is 0 Å². The third-order valence-corrected chi connectivity index (χ3v) is 7.38. The number of benzene rings is 1. The van der Waals surface area contributed by atoms with Crippen LogP contribution in [0.25, 0.3) is 0 Å². The van der Waals surface area contributed by atoms with E-state index in [2.05, 4.69) is 5.32 Å². The maximum absolute atomic E-state index is 12.9. The molecule has 0 aromatic heterocycles. The first-order valence-electron chi connectivity index (χ1n) is 10.5. The molecule has 3 atom stereocenters. The lowest BCUT2D eigenvalue weighted by Gasteiger charge is -2.39. The number of carbonyl (C=O) groups is 2. The first-order valence-corrected chi connectivity index (χ1v) is 12.2. The van der Waals surface area contributed by atoms with Gasteiger partial charge in [-0.1, -0.05) is 30.3 Å². The van der Waals surface area contributed by atoms with Gasteiger partial charge in [-0.05, 0) is 51.6 Å². The van der Waals surface area contributed by atoms with Crippen molar-refractivity contribution in [3.8, 4) is 0 Å². The molecular formula is C21H33N2O6P. The average molecular weight is 440 g/mol. The third-order valence-electron chi connectivity index (χ3n) is 5.33. The predicted octanol–water partition coefficient (Wildman–Crippen LogP) is 3.09. The number of amides is 1. The van der Waals surface area contributed by atoms with Crippen LogP contribution in [0, 0.1) is 0 Å². The number of carbonyl (C=O) groups excluding carboxylic acids is 1. The largest absolute Gasteiger partial charge is 0.480 e. The molecule has 2 rings (SSSR count). The van der Waals surface area contributed by atoms with Gasteiger partial charge in [0.2, 0.25) is 5.91 Å². The highest BCUT2D eigenvalue weighted by Crippen LogP contribution is 2.48. The van der Waals surface area contributed by atoms with E-state index in [0.717, 1.165) is 12.0 Å². The van der Waals surface area contributed by atoms with Crippen molar-refractivity contribution in [3.63, 3.8) is 0 Å². The molecule has 1 heterocycles. The Bertz CT molecular complexity index is 734. The summed E-state index contributed by atoms with van der Waals surface area (Å²) in [7, 11) is -3.23. The van der Waals surface area contributed by atoms with Crippen molar-refractivity contribution in [1.82, 2.24) is 10.2 Å². The third kappa shape index (κ3) is 6.91. The van der Waals surface area contributed by atoms with Crippen LogP contribution in [0.1, 0.15) is 45.1 Å². The molecule has 0 bridgehead atoms. The summed E-state index contributed by atoms with van der Waals surface area (Å²) in [4.78, 5) is 26.1. The first kappa shape index (κ1) is 24.5. The predicted molar refractivity (Wildman–Crippen MR) is 115 cm³/mol. The highest BCUT2D eigenvalue weighted by molar-refractivity contribution is 7.53. The lowest BCUT2D eigenvalue weighted by molar-refractivity contribution is -0.142. The molecule has 1 aromatic rings. The molecule has 0 radical (unpaired) electrons. The Morgan fingerprint density at radius 2 is 1.87 bits per heavy atom. The van der Waals surface area contributed by atoms with Gasteiger partial charge in [-0.3, -0.25) is 19.1 Å². The molecular weight excluding hydrogens is 407 g/mol. The standard InChI is InChI=1S/C21H33N2O6P/c1-4-28-30(27,29-5-2)14-13-23-12-11-18(17-9-7-6-8-10-17)15-19(23)20(24)22-16(3)21(25)26/h6-10,16,18-19H,4-5,11-15H2,1-3H3,(H,22,24)(H,25,26)/t16-,18+,19?/m1/s1. The number of aliphatic carboxylic acids is 1. The summed E-state index contributed by atoms with van der Waals surface area (Å²) in [6, 6.07) is 8.52. The van der Waals surface area contributed by atoms with Crippen LogP contribution in [-0.2, 0) is 23.2 Å². The molecule has 1 saturated heterocycles. The van der Waals surface area contributed by atoms with Crippen molar-refractivity contribution in [2.75, 3.05) is 32.5 Å². The molecule has 0 aliphatic carbocycles. The number of piperidine rings is 1. The van der Waals surface area contributed by atoms with Gasteiger partial charge < -0.3 is 19.5 Å². The van der Waals surface area contributed by atoms with E-state index in [1.54, 1.807) is 13.8 Å². The Morgan fingerprint density at radius 3 is 2.43 bits per heavy atom. The molecule has 2 N–H and O–H groups in total. The van der Waals surface area contributed by atoms with E-state index in [-0.39, 0.29) is 31.2 Å². The normalized spacial score (nSPS) is 21.2. The van der Waals surface area contributed by atoms with Gasteiger partial charge in [0.1, 0.15) is 6.04 Å². The maximum Gasteiger partial charge on any atom is 0.331 e. The van der Waals surface area contributed by atoms with E-state index in [4.69, 9.17) is 14.2 Å². The second-order valence-corrected chi connectivity index (χ2v) is 9.61. The number of likely N-dealkylation sites (tertiary alicyclic amines) is 1. The van der Waals surface area contributed by atoms with Crippen molar-refractivity contribution in [1.29, 1.82) is 0 Å². The number of hydrogen-bond donors (Lipinski definition) is 2. The molecule has 0 spiro atoms. The average Bonchev–Trinajstić information content (AvgIpc) is 2.73. The van der Waals surface area contributed by atoms with Gasteiger partial charge in [-0.2, -0.15) is 0 Å². The van der Waals surface area contributed by atoms with Gasteiger partial charge >= 0.3 is 13.6 Å². The van der Waals surface area contributed by atoms with E-state index in [9.17, 15) is 14.2 Å². The molecule has 1 fully saturated rings. The SMILES string of the molecule is CCOP(=O)(CCN1CC[C@H](c2ccccc2)CC1C(=O)N[C@H](C)C(=O)O)OCC. The minimum Gasteiger partial charge on any atom is -0.480 e. The van der Waals surface area contributed by atoms with Crippen molar-refractivity contribution >= 4 is 19.5 Å². The second kappa shape index (κ2) is 11.6. The van der Waals surface area contributed by atoms with Crippen LogP contribution in [0.4, 0.5) is 0 Å². The van der Waals surface area contributed by atoms with Gasteiger partial charge in [0.25, 0.3) is 0 Å². The number of nitrogens with one attached hydrogen (secondary N) is 1. The number of carboxylic acids is 1. The molecule has 168 valence electrons. The second-order valence-electron chi connectivity index (χ2n) is 7.42. The van der Waals surface area contributed by atoms with Crippen LogP contribution in [0.3, 0.4) is 0 Å². The summed E-state index contributed by atoms with van der Waals surface area (Å²) >= 11 is 0. The van der Waals surface area contributed by atoms with E-state index in [1.807, 2.05) is 35.2 Å². The fraction of sp³-hybridized carbons (Fsp3) is 0.619. The van der Waals surface area contributed by atoms with Crippen LogP contribution in [0.15, 0.2) is 30.3 Å². The summed E-state index contributed by atoms with van der Waals surface area (Å²) < 4.78 is 23.6. The molecule has 0 saturated carbocycles. The molecule has 1 aliphatic heterocycles. The summed E-state index contributed by atoms with van der Waals surface area (Å²) in [5.74, 6) is -1.21. The molecule has 1 aliphatic rings. The number of hydrogen-bond acceptors (Lipinski definition) is 6. The van der Waals surface area contributed by atoms with Crippen molar-refractivity contribution in [2.45, 2.75) is 51.6 Å². The van der Waals surface area contributed by atoms with Gasteiger partial charge in [0, 0.05) is 6.54 Å². The molecule has 30 heavy (non-hydrogen) atoms. The van der Waals surface area contributed by atoms with Crippen molar-refractivity contribution < 1.29 is 28.3 Å². The zero-order chi connectivity index (χ0) is 22.1. The monoisotopic (exact) mass is 440 g/mol. The zero-order valence-electron chi connectivity index (χ0n) is 18.0. The highest BCUT2D eigenvalue weighted by atomic mass is 31.2. The molecule has 1 aromatic carbocycles. The summed E-state index contributed by atoms with van der Waals surface area (Å²) in [6.07, 6.45) is 1.61. The Labute approximate surface area is 178 Å². The van der Waals surface area contributed by atoms with Crippen LogP contribution in [0.5, 0.6) is 0 Å². The number of rotatable bonds is 11. The Kier molecular flexibility index (Phi) is 9.49. The molecule has 9 heteroatoms. The summed E-state index contributed by atoms with van der Waals surface area (Å²) in [5.41, 5.74) is 1.16. The van der Waals surface area contributed by atoms with Crippen LogP contribution in [-0.4, -0.2) is 66.4 Å². The molecule has 8 nitrogen and oxygen atoms in total. The smallest absolute Gasteiger partial charge is 0.331 e. The quantitative estimate of drug-likeness (QED) is 0.510. The number of carboxylic acid groups (broad SMARTS) is 1. The van der Waals surface area contributed by atoms with Crippen LogP contribution in [0.2, 0.25) is 0 Å². The first-order chi connectivity index (χ1) is 14.3. The van der Waals surface area contributed by atoms with Crippen LogP contribution < -0.4 is 5.32 Å². The van der Waals surface area contributed by atoms with E-state index in [1.165, 1.54) is 6.92 Å². The molecule has 1 unspecified atom stereocenters. The zero-order valence-corrected chi connectivity index (χ0v) is 18.8. The fourth-order valence-corrected chi connectivity index (χ4v) is 5.39. The number of nitrogens with zero attached hydrogens (tertiary/aromatic N) is 1. The maximum atomic E-state index is 12.9. The van der Waals surface area contributed by atoms with Gasteiger partial charge in [-0.15, -0.1) is 0 Å². The van der Waals surface area contributed by atoms with E-state index in [0.29, 0.717) is 19.5 Å². The lowest BCUT2D eigenvalue weighted by atomic mass is 9.85. The lowest BCUT2D eigenvalue weighted by Crippen LogP contribution is -2.54. The van der Waals surface area contributed by atoms with Crippen LogP contribution >= 0.6 is 7.60 Å². The topological polar surface area (TPSA) is 105 Å². The highest BCUT2D eigenvalue weighted by Gasteiger charge is 2.36. The minimum absolute atomic E-state index is 0.183.